The molecule has 1 N–H and O–H groups in total. The van der Waals surface area contributed by atoms with Crippen molar-refractivity contribution < 1.29 is 22.5 Å². The van der Waals surface area contributed by atoms with E-state index in [1.807, 2.05) is 13.8 Å². The molecule has 0 atom stereocenters. The molecule has 1 fully saturated rings. The summed E-state index contributed by atoms with van der Waals surface area (Å²) >= 11 is 1.69. The summed E-state index contributed by atoms with van der Waals surface area (Å²) in [6, 6.07) is 3.82. The van der Waals surface area contributed by atoms with Gasteiger partial charge in [-0.1, -0.05) is 32.1 Å². The second kappa shape index (κ2) is 9.91. The number of alkyl halides is 3. The maximum absolute atomic E-state index is 13.7. The molecule has 0 aliphatic carbocycles. The zero-order chi connectivity index (χ0) is 25.3. The number of nitrogens with zero attached hydrogens (tertiary/aromatic N) is 1. The number of aromatic nitrogens is 2. The number of rotatable bonds is 3. The molecule has 0 unspecified atom stereocenters. The van der Waals surface area contributed by atoms with Crippen LogP contribution in [0.5, 0.6) is 0 Å². The molecule has 0 radical (unpaired) electrons. The summed E-state index contributed by atoms with van der Waals surface area (Å²) < 4.78 is 52.8. The average Bonchev–Trinajstić information content (AvgIpc) is 3.00. The van der Waals surface area contributed by atoms with Crippen molar-refractivity contribution in [3.63, 3.8) is 0 Å². The Hall–Kier alpha value is -2.04. The van der Waals surface area contributed by atoms with Gasteiger partial charge in [0.1, 0.15) is 5.82 Å². The number of H-pyrrole nitrogens is 1. The lowest BCUT2D eigenvalue weighted by atomic mass is 9.75. The highest BCUT2D eigenvalue weighted by atomic mass is 32.2. The minimum Gasteiger partial charge on any atom is -0.399 e. The molecule has 184 valence electrons. The Kier molecular flexibility index (Phi) is 7.74. The summed E-state index contributed by atoms with van der Waals surface area (Å²) in [4.78, 5) is 19.5. The third kappa shape index (κ3) is 5.44. The molecule has 10 heteroatoms. The predicted molar refractivity (Wildman–Crippen MR) is 132 cm³/mol. The third-order valence-corrected chi connectivity index (χ3v) is 7.16. The van der Waals surface area contributed by atoms with Gasteiger partial charge in [0, 0.05) is 11.3 Å². The van der Waals surface area contributed by atoms with Gasteiger partial charge in [-0.2, -0.15) is 24.9 Å². The van der Waals surface area contributed by atoms with E-state index >= 15 is 0 Å². The first-order valence-corrected chi connectivity index (χ1v) is 12.5. The van der Waals surface area contributed by atoms with Crippen molar-refractivity contribution in [2.24, 2.45) is 0 Å². The van der Waals surface area contributed by atoms with Gasteiger partial charge in [-0.3, -0.25) is 4.79 Å². The van der Waals surface area contributed by atoms with Gasteiger partial charge in [0.2, 0.25) is 0 Å². The Bertz CT molecular complexity index is 1110. The largest absolute Gasteiger partial charge is 0.495 e. The van der Waals surface area contributed by atoms with E-state index in [1.165, 1.54) is 12.1 Å². The van der Waals surface area contributed by atoms with Crippen LogP contribution in [-0.4, -0.2) is 34.0 Å². The third-order valence-electron chi connectivity index (χ3n) is 6.17. The standard InChI is InChI=1S/C22H24BF3N2O3S.C2H6/c1-20(2)21(3,4)31-23(30-20)16-11-13(5-7-15(16)22(24,25)26)6-8-18-27-17-9-10-32-12-14(17)19(29)28-18;1-2/h5-8,11H,9-10,12H2,1-4H3,(H,27,28,29);1-2H3/b8-6+;. The van der Waals surface area contributed by atoms with Gasteiger partial charge in [0.15, 0.2) is 0 Å². The predicted octanol–water partition coefficient (Wildman–Crippen LogP) is 5.07. The highest BCUT2D eigenvalue weighted by Gasteiger charge is 2.53. The van der Waals surface area contributed by atoms with E-state index in [4.69, 9.17) is 9.31 Å². The molecule has 0 spiro atoms. The Balaban J connectivity index is 0.00000158. The van der Waals surface area contributed by atoms with Crippen molar-refractivity contribution in [2.45, 2.75) is 71.1 Å². The summed E-state index contributed by atoms with van der Waals surface area (Å²) in [5.41, 5.74) is -0.610. The van der Waals surface area contributed by atoms with E-state index in [0.29, 0.717) is 22.7 Å². The van der Waals surface area contributed by atoms with Crippen molar-refractivity contribution in [2.75, 3.05) is 5.75 Å². The van der Waals surface area contributed by atoms with Crippen LogP contribution in [0.3, 0.4) is 0 Å². The number of nitrogens with one attached hydrogen (secondary N) is 1. The molecule has 2 aromatic rings. The maximum Gasteiger partial charge on any atom is 0.495 e. The van der Waals surface area contributed by atoms with Crippen LogP contribution in [0.15, 0.2) is 23.0 Å². The maximum atomic E-state index is 13.7. The lowest BCUT2D eigenvalue weighted by Gasteiger charge is -2.32. The molecule has 5 nitrogen and oxygen atoms in total. The molecule has 34 heavy (non-hydrogen) atoms. The van der Waals surface area contributed by atoms with Crippen LogP contribution in [0.2, 0.25) is 0 Å². The number of halogens is 3. The Morgan fingerprint density at radius 3 is 2.38 bits per heavy atom. The second-order valence-electron chi connectivity index (χ2n) is 8.95. The number of benzene rings is 1. The quantitative estimate of drug-likeness (QED) is 0.604. The topological polar surface area (TPSA) is 64.2 Å². The SMILES string of the molecule is CC.CC1(C)OB(c2cc(/C=C/c3nc4c(c(=O)[nH]3)CSCC4)ccc2C(F)(F)F)OC1(C)C. The van der Waals surface area contributed by atoms with Crippen LogP contribution < -0.4 is 11.0 Å². The zero-order valence-electron chi connectivity index (χ0n) is 20.3. The van der Waals surface area contributed by atoms with Crippen LogP contribution in [0, 0.1) is 0 Å². The van der Waals surface area contributed by atoms with E-state index in [0.717, 1.165) is 23.9 Å². The van der Waals surface area contributed by atoms with Crippen LogP contribution >= 0.6 is 11.8 Å². The van der Waals surface area contributed by atoms with E-state index in [-0.39, 0.29) is 11.0 Å². The molecule has 0 saturated carbocycles. The zero-order valence-corrected chi connectivity index (χ0v) is 21.1. The van der Waals surface area contributed by atoms with Gasteiger partial charge in [-0.25, -0.2) is 4.98 Å². The minimum absolute atomic E-state index is 0.0813. The number of hydrogen-bond donors (Lipinski definition) is 1. The molecular formula is C24H30BF3N2O3S. The normalized spacial score (nSPS) is 19.0. The summed E-state index contributed by atoms with van der Waals surface area (Å²) in [5.74, 6) is 1.92. The van der Waals surface area contributed by atoms with Gasteiger partial charge in [0.05, 0.1) is 22.5 Å². The molecule has 0 amide bonds. The van der Waals surface area contributed by atoms with Gasteiger partial charge < -0.3 is 14.3 Å². The monoisotopic (exact) mass is 494 g/mol. The summed E-state index contributed by atoms with van der Waals surface area (Å²) in [5, 5.41) is 0. The van der Waals surface area contributed by atoms with Crippen LogP contribution in [0.25, 0.3) is 12.2 Å². The molecule has 3 heterocycles. The Morgan fingerprint density at radius 1 is 1.12 bits per heavy atom. The van der Waals surface area contributed by atoms with Gasteiger partial charge in [0.25, 0.3) is 5.56 Å². The fourth-order valence-corrected chi connectivity index (χ4v) is 4.61. The first kappa shape index (κ1) is 26.6. The van der Waals surface area contributed by atoms with Crippen LogP contribution in [-0.2, 0) is 27.7 Å². The lowest BCUT2D eigenvalue weighted by Crippen LogP contribution is -2.41. The number of thioether (sulfide) groups is 1. The molecule has 1 saturated heterocycles. The highest BCUT2D eigenvalue weighted by molar-refractivity contribution is 7.98. The number of hydrogen-bond acceptors (Lipinski definition) is 5. The van der Waals surface area contributed by atoms with Crippen LogP contribution in [0.1, 0.15) is 69.8 Å². The smallest absolute Gasteiger partial charge is 0.399 e. The average molecular weight is 494 g/mol. The van der Waals surface area contributed by atoms with E-state index in [1.54, 1.807) is 51.6 Å². The van der Waals surface area contributed by atoms with Crippen molar-refractivity contribution in [3.05, 3.63) is 56.8 Å². The summed E-state index contributed by atoms with van der Waals surface area (Å²) in [6.07, 6.45) is -0.612. The Labute approximate surface area is 202 Å². The van der Waals surface area contributed by atoms with E-state index in [9.17, 15) is 18.0 Å². The molecule has 1 aromatic carbocycles. The van der Waals surface area contributed by atoms with Gasteiger partial charge in [-0.15, -0.1) is 0 Å². The number of aryl methyl sites for hydroxylation is 1. The second-order valence-corrected chi connectivity index (χ2v) is 10.1. The minimum atomic E-state index is -4.55. The fourth-order valence-electron chi connectivity index (χ4n) is 3.62. The van der Waals surface area contributed by atoms with Crippen molar-refractivity contribution in [3.8, 4) is 0 Å². The van der Waals surface area contributed by atoms with Crippen molar-refractivity contribution in [1.29, 1.82) is 0 Å². The molecule has 2 aliphatic rings. The lowest BCUT2D eigenvalue weighted by molar-refractivity contribution is -0.136. The fraction of sp³-hybridized carbons (Fsp3) is 0.500. The highest BCUT2D eigenvalue weighted by Crippen LogP contribution is 2.38. The first-order valence-electron chi connectivity index (χ1n) is 11.3. The van der Waals surface area contributed by atoms with Crippen LogP contribution in [0.4, 0.5) is 13.2 Å². The van der Waals surface area contributed by atoms with Crippen molar-refractivity contribution in [1.82, 2.24) is 9.97 Å². The number of aromatic amines is 1. The molecule has 4 rings (SSSR count). The summed E-state index contributed by atoms with van der Waals surface area (Å²) in [7, 11) is -1.15. The van der Waals surface area contributed by atoms with E-state index < -0.39 is 30.1 Å². The molecular weight excluding hydrogens is 464 g/mol. The molecule has 1 aromatic heterocycles. The Morgan fingerprint density at radius 2 is 1.76 bits per heavy atom. The van der Waals surface area contributed by atoms with Crippen molar-refractivity contribution >= 4 is 36.5 Å². The van der Waals surface area contributed by atoms with Gasteiger partial charge in [-0.05, 0) is 63.0 Å². The van der Waals surface area contributed by atoms with E-state index in [2.05, 4.69) is 9.97 Å². The number of fused-ring (bicyclic) bond motifs is 1. The van der Waals surface area contributed by atoms with Gasteiger partial charge >= 0.3 is 13.3 Å². The summed E-state index contributed by atoms with van der Waals surface area (Å²) in [6.45, 7) is 11.2. The molecule has 2 aliphatic heterocycles. The first-order chi connectivity index (χ1) is 15.9. The molecule has 0 bridgehead atoms.